The van der Waals surface area contributed by atoms with Crippen LogP contribution in [0, 0.1) is 22.0 Å². The minimum absolute atomic E-state index is 0.00542. The van der Waals surface area contributed by atoms with E-state index in [-0.39, 0.29) is 42.4 Å². The number of carbonyl (C=O) groups excluding carboxylic acids is 2. The Labute approximate surface area is 198 Å². The Kier molecular flexibility index (Phi) is 9.03. The fourth-order valence-electron chi connectivity index (χ4n) is 5.34. The van der Waals surface area contributed by atoms with Crippen LogP contribution in [0.1, 0.15) is 64.2 Å². The zero-order chi connectivity index (χ0) is 23.9. The van der Waals surface area contributed by atoms with Gasteiger partial charge in [-0.05, 0) is 45.1 Å². The Morgan fingerprint density at radius 3 is 2.82 bits per heavy atom. The van der Waals surface area contributed by atoms with Gasteiger partial charge in [-0.15, -0.1) is 0 Å². The molecule has 3 heterocycles. The van der Waals surface area contributed by atoms with E-state index in [4.69, 9.17) is 9.57 Å². The molecule has 3 saturated heterocycles. The highest BCUT2D eigenvalue weighted by Crippen LogP contribution is 2.33. The molecule has 34 heavy (non-hydrogen) atoms. The maximum Gasteiger partial charge on any atom is 0.315 e. The summed E-state index contributed by atoms with van der Waals surface area (Å²) in [5.41, 5.74) is 8.73. The summed E-state index contributed by atoms with van der Waals surface area (Å²) in [5, 5.41) is 20.5. The number of amides is 2. The van der Waals surface area contributed by atoms with Crippen molar-refractivity contribution in [1.82, 2.24) is 32.3 Å². The molecule has 0 radical (unpaired) electrons. The van der Waals surface area contributed by atoms with Gasteiger partial charge in [0, 0.05) is 31.2 Å². The first-order valence-electron chi connectivity index (χ1n) is 12.5. The van der Waals surface area contributed by atoms with Crippen molar-refractivity contribution in [3.8, 4) is 0 Å². The smallest absolute Gasteiger partial charge is 0.315 e. The van der Waals surface area contributed by atoms with E-state index in [1.54, 1.807) is 0 Å². The van der Waals surface area contributed by atoms with Gasteiger partial charge in [-0.3, -0.25) is 35.3 Å². The minimum atomic E-state index is -0.949. The third-order valence-corrected chi connectivity index (χ3v) is 7.18. The lowest BCUT2D eigenvalue weighted by molar-refractivity contribution is -0.571. The summed E-state index contributed by atoms with van der Waals surface area (Å²) in [5.74, 6) is 0.535. The largest absolute Gasteiger partial charge is 0.356 e. The molecule has 0 aromatic carbocycles. The standard InChI is InChI=1S/C21H37N7O6/c29-16(7-3-8-17-24-20(27-34-17)15-9-10-18(33-15)28(31)32)22-11-4-12-23-19-13-5-1-2-6-14(13)21(30)26-25-19/h13-15,17-20,23-25,27H,1-12H2,(H,22,29)(H,26,30). The van der Waals surface area contributed by atoms with E-state index >= 15 is 0 Å². The molecule has 6 N–H and O–H groups in total. The number of nitro groups is 1. The number of hydroxylamine groups is 1. The Bertz CT molecular complexity index is 728. The molecule has 0 spiro atoms. The van der Waals surface area contributed by atoms with E-state index in [0.29, 0.717) is 44.6 Å². The van der Waals surface area contributed by atoms with E-state index in [2.05, 4.69) is 32.3 Å². The van der Waals surface area contributed by atoms with Crippen LogP contribution in [0.15, 0.2) is 0 Å². The van der Waals surface area contributed by atoms with Crippen LogP contribution in [-0.4, -0.2) is 60.7 Å². The molecule has 3 aliphatic heterocycles. The van der Waals surface area contributed by atoms with Crippen molar-refractivity contribution in [3.05, 3.63) is 10.1 Å². The molecule has 13 heteroatoms. The first-order valence-corrected chi connectivity index (χ1v) is 12.5. The lowest BCUT2D eigenvalue weighted by Gasteiger charge is -2.41. The number of rotatable bonds is 11. The zero-order valence-electron chi connectivity index (χ0n) is 19.4. The molecule has 192 valence electrons. The third kappa shape index (κ3) is 6.61. The molecule has 0 bridgehead atoms. The van der Waals surface area contributed by atoms with Gasteiger partial charge >= 0.3 is 6.23 Å². The number of nitrogens with one attached hydrogen (secondary N) is 6. The number of hydrogen-bond acceptors (Lipinski definition) is 10. The van der Waals surface area contributed by atoms with Crippen molar-refractivity contribution in [2.45, 2.75) is 95.1 Å². The second-order valence-corrected chi connectivity index (χ2v) is 9.58. The summed E-state index contributed by atoms with van der Waals surface area (Å²) in [7, 11) is 0. The molecule has 13 nitrogen and oxygen atoms in total. The van der Waals surface area contributed by atoms with E-state index in [0.717, 1.165) is 32.2 Å². The number of ether oxygens (including phenoxy) is 1. The lowest BCUT2D eigenvalue weighted by Crippen LogP contribution is -2.64. The van der Waals surface area contributed by atoms with Crippen LogP contribution in [0.25, 0.3) is 0 Å². The van der Waals surface area contributed by atoms with Crippen LogP contribution in [0.5, 0.6) is 0 Å². The Balaban J connectivity index is 1.03. The first-order chi connectivity index (χ1) is 16.5. The quantitative estimate of drug-likeness (QED) is 0.129. The van der Waals surface area contributed by atoms with Gasteiger partial charge in [-0.25, -0.2) is 5.43 Å². The highest BCUT2D eigenvalue weighted by Gasteiger charge is 2.41. The second-order valence-electron chi connectivity index (χ2n) is 9.58. The van der Waals surface area contributed by atoms with Gasteiger partial charge in [-0.2, -0.15) is 5.48 Å². The van der Waals surface area contributed by atoms with Crippen LogP contribution in [0.2, 0.25) is 0 Å². The highest BCUT2D eigenvalue weighted by atomic mass is 16.7. The SMILES string of the molecule is O=C(CCCC1NC(C2CCC([N+](=O)[O-])O2)NO1)NCCCNC1NNC(=O)C2CCCCC12. The molecule has 1 aliphatic carbocycles. The molecular formula is C21H37N7O6. The van der Waals surface area contributed by atoms with Gasteiger partial charge in [-0.1, -0.05) is 12.8 Å². The van der Waals surface area contributed by atoms with Crippen LogP contribution in [-0.2, 0) is 19.2 Å². The van der Waals surface area contributed by atoms with E-state index in [9.17, 15) is 19.7 Å². The summed E-state index contributed by atoms with van der Waals surface area (Å²) >= 11 is 0. The molecule has 7 atom stereocenters. The van der Waals surface area contributed by atoms with E-state index < -0.39 is 11.2 Å². The summed E-state index contributed by atoms with van der Waals surface area (Å²) in [4.78, 5) is 40.1. The average Bonchev–Trinajstić information content (AvgIpc) is 3.50. The summed E-state index contributed by atoms with van der Waals surface area (Å²) in [6, 6.07) is 0. The van der Waals surface area contributed by atoms with Gasteiger partial charge in [0.15, 0.2) is 0 Å². The van der Waals surface area contributed by atoms with Crippen LogP contribution >= 0.6 is 0 Å². The summed E-state index contributed by atoms with van der Waals surface area (Å²) < 4.78 is 5.44. The van der Waals surface area contributed by atoms with Gasteiger partial charge in [0.25, 0.3) is 0 Å². The number of nitrogens with zero attached hydrogens (tertiary/aromatic N) is 1. The van der Waals surface area contributed by atoms with Crippen LogP contribution in [0.4, 0.5) is 0 Å². The Morgan fingerprint density at radius 1 is 1.15 bits per heavy atom. The molecule has 1 saturated carbocycles. The van der Waals surface area contributed by atoms with Crippen molar-refractivity contribution in [2.24, 2.45) is 11.8 Å². The summed E-state index contributed by atoms with van der Waals surface area (Å²) in [6.07, 6.45) is 6.09. The monoisotopic (exact) mass is 483 g/mol. The number of carbonyl (C=O) groups is 2. The molecule has 4 fully saturated rings. The topological polar surface area (TPSA) is 168 Å². The molecular weight excluding hydrogens is 446 g/mol. The number of hydrogen-bond donors (Lipinski definition) is 6. The van der Waals surface area contributed by atoms with Gasteiger partial charge < -0.3 is 15.4 Å². The minimum Gasteiger partial charge on any atom is -0.356 e. The normalized spacial score (nSPS) is 35.5. The van der Waals surface area contributed by atoms with Gasteiger partial charge in [0.05, 0.1) is 17.2 Å². The zero-order valence-corrected chi connectivity index (χ0v) is 19.4. The predicted molar refractivity (Wildman–Crippen MR) is 120 cm³/mol. The van der Waals surface area contributed by atoms with Gasteiger partial charge in [0.1, 0.15) is 12.4 Å². The van der Waals surface area contributed by atoms with Crippen LogP contribution < -0.4 is 32.3 Å². The maximum atomic E-state index is 12.1. The molecule has 4 rings (SSSR count). The van der Waals surface area contributed by atoms with Crippen molar-refractivity contribution in [3.63, 3.8) is 0 Å². The molecule has 0 aromatic heterocycles. The fraction of sp³-hybridized carbons (Fsp3) is 0.905. The van der Waals surface area contributed by atoms with Gasteiger partial charge in [0.2, 0.25) is 11.8 Å². The summed E-state index contributed by atoms with van der Waals surface area (Å²) in [6.45, 7) is 1.35. The van der Waals surface area contributed by atoms with Crippen molar-refractivity contribution < 1.29 is 24.1 Å². The van der Waals surface area contributed by atoms with Crippen molar-refractivity contribution in [1.29, 1.82) is 0 Å². The fourth-order valence-corrected chi connectivity index (χ4v) is 5.34. The molecule has 7 unspecified atom stereocenters. The Hall–Kier alpha value is -1.90. The average molecular weight is 484 g/mol. The molecule has 2 amide bonds. The molecule has 0 aromatic rings. The third-order valence-electron chi connectivity index (χ3n) is 7.18. The Morgan fingerprint density at radius 2 is 2.00 bits per heavy atom. The number of fused-ring (bicyclic) bond motifs is 1. The van der Waals surface area contributed by atoms with Crippen LogP contribution in [0.3, 0.4) is 0 Å². The first kappa shape index (κ1) is 25.2. The van der Waals surface area contributed by atoms with Crippen molar-refractivity contribution in [2.75, 3.05) is 13.1 Å². The predicted octanol–water partition coefficient (Wildman–Crippen LogP) is -0.422. The highest BCUT2D eigenvalue weighted by molar-refractivity contribution is 5.79. The van der Waals surface area contributed by atoms with E-state index in [1.807, 2.05) is 0 Å². The number of hydrazine groups is 1. The maximum absolute atomic E-state index is 12.1. The second kappa shape index (κ2) is 12.2. The van der Waals surface area contributed by atoms with Crippen molar-refractivity contribution >= 4 is 11.8 Å². The molecule has 4 aliphatic rings. The lowest BCUT2D eigenvalue weighted by atomic mass is 9.76. The van der Waals surface area contributed by atoms with E-state index in [1.165, 1.54) is 6.42 Å².